The van der Waals surface area contributed by atoms with Crippen LogP contribution >= 0.6 is 11.6 Å². The molecule has 1 heterocycles. The van der Waals surface area contributed by atoms with Gasteiger partial charge in [0.25, 0.3) is 5.91 Å². The van der Waals surface area contributed by atoms with Crippen LogP contribution in [0.3, 0.4) is 0 Å². The molecule has 5 atom stereocenters. The van der Waals surface area contributed by atoms with Crippen LogP contribution in [0.25, 0.3) is 0 Å². The molecular formula is C28H27ClF2N2O5S. The summed E-state index contributed by atoms with van der Waals surface area (Å²) < 4.78 is 54.3. The van der Waals surface area contributed by atoms with Crippen LogP contribution in [0.1, 0.15) is 53.4 Å². The number of carbonyl (C=O) groups excluding carboxylic acids is 1. The van der Waals surface area contributed by atoms with Gasteiger partial charge < -0.3 is 15.5 Å². The summed E-state index contributed by atoms with van der Waals surface area (Å²) in [5.74, 6) is -3.88. The third-order valence-corrected chi connectivity index (χ3v) is 10.7. The van der Waals surface area contributed by atoms with Gasteiger partial charge >= 0.3 is 0 Å². The van der Waals surface area contributed by atoms with Crippen molar-refractivity contribution in [1.29, 1.82) is 0 Å². The van der Waals surface area contributed by atoms with Crippen LogP contribution in [0.2, 0.25) is 5.02 Å². The summed E-state index contributed by atoms with van der Waals surface area (Å²) in [5, 5.41) is 24.2. The Hall–Kier alpha value is -2.92. The standard InChI is InChI=1S/C28H27ClF2N2O5S/c1-15-2-9-24(32-14-15)26(34)28(36)17-4-5-18(28)12-20(11-17)39(37,38)25-10-16(3-7-21(25)29)27(35)33-19-6-8-22(30)23(31)13-19/h2-3,6-10,13-14,17-18,20,26,34,36H,4-5,11-12H2,1H3,(H,33,35)/t17-,18?,20-,26?,28-/m0/s1. The Balaban J connectivity index is 1.38. The van der Waals surface area contributed by atoms with Gasteiger partial charge in [-0.1, -0.05) is 17.7 Å². The summed E-state index contributed by atoms with van der Waals surface area (Å²) in [6.45, 7) is 1.87. The van der Waals surface area contributed by atoms with Crippen LogP contribution in [0.5, 0.6) is 0 Å². The molecule has 3 aromatic rings. The Kier molecular flexibility index (Phi) is 7.26. The van der Waals surface area contributed by atoms with E-state index in [2.05, 4.69) is 10.3 Å². The summed E-state index contributed by atoms with van der Waals surface area (Å²) in [6.07, 6.45) is 1.68. The van der Waals surface area contributed by atoms with Gasteiger partial charge in [0, 0.05) is 23.5 Å². The first-order valence-electron chi connectivity index (χ1n) is 12.5. The molecule has 7 nitrogen and oxygen atoms in total. The van der Waals surface area contributed by atoms with E-state index in [4.69, 9.17) is 11.6 Å². The minimum Gasteiger partial charge on any atom is -0.386 e. The molecule has 2 unspecified atom stereocenters. The number of nitrogens with one attached hydrogen (secondary N) is 1. The first-order valence-corrected chi connectivity index (χ1v) is 14.5. The number of hydrogen-bond donors (Lipinski definition) is 3. The third kappa shape index (κ3) is 4.95. The number of fused-ring (bicyclic) bond motifs is 2. The van der Waals surface area contributed by atoms with Crippen LogP contribution in [0.15, 0.2) is 59.6 Å². The van der Waals surface area contributed by atoms with Crippen LogP contribution in [0, 0.1) is 30.4 Å². The van der Waals surface area contributed by atoms with Crippen molar-refractivity contribution in [2.75, 3.05) is 5.32 Å². The molecule has 1 aromatic heterocycles. The molecule has 0 saturated heterocycles. The number of aryl methyl sites for hydroxylation is 1. The molecule has 5 rings (SSSR count). The average molecular weight is 577 g/mol. The molecule has 3 N–H and O–H groups in total. The number of aromatic nitrogens is 1. The number of aliphatic hydroxyl groups is 2. The molecule has 206 valence electrons. The highest BCUT2D eigenvalue weighted by molar-refractivity contribution is 7.92. The molecule has 0 aliphatic heterocycles. The van der Waals surface area contributed by atoms with Gasteiger partial charge in [0.05, 0.1) is 20.9 Å². The zero-order valence-electron chi connectivity index (χ0n) is 20.9. The Morgan fingerprint density at radius 2 is 1.77 bits per heavy atom. The number of nitrogens with zero attached hydrogens (tertiary/aromatic N) is 1. The second kappa shape index (κ2) is 10.2. The normalized spacial score (nSPS) is 25.3. The summed E-state index contributed by atoms with van der Waals surface area (Å²) in [5.41, 5.74) is -0.288. The van der Waals surface area contributed by atoms with E-state index in [-0.39, 0.29) is 34.0 Å². The fourth-order valence-corrected chi connectivity index (χ4v) is 8.34. The molecule has 2 aliphatic carbocycles. The number of rotatable bonds is 6. The van der Waals surface area contributed by atoms with Crippen molar-refractivity contribution in [3.8, 4) is 0 Å². The quantitative estimate of drug-likeness (QED) is 0.380. The van der Waals surface area contributed by atoms with Crippen LogP contribution < -0.4 is 5.32 Å². The molecule has 2 aromatic carbocycles. The second-order valence-electron chi connectivity index (χ2n) is 10.4. The number of sulfone groups is 1. The fourth-order valence-electron chi connectivity index (χ4n) is 5.94. The zero-order valence-corrected chi connectivity index (χ0v) is 22.5. The van der Waals surface area contributed by atoms with E-state index >= 15 is 0 Å². The average Bonchev–Trinajstić information content (AvgIpc) is 3.06. The highest BCUT2D eigenvalue weighted by atomic mass is 35.5. The van der Waals surface area contributed by atoms with Crippen LogP contribution in [-0.4, -0.2) is 40.4 Å². The SMILES string of the molecule is Cc1ccc(C(O)[C@@]2(O)C3CC[C@H]2C[C@H](S(=O)(=O)c2cc(C(=O)Nc4ccc(F)c(F)c4)ccc2Cl)C3)nc1. The van der Waals surface area contributed by atoms with Gasteiger partial charge in [-0.15, -0.1) is 0 Å². The monoisotopic (exact) mass is 576 g/mol. The number of carbonyl (C=O) groups is 1. The summed E-state index contributed by atoms with van der Waals surface area (Å²) >= 11 is 6.29. The lowest BCUT2D eigenvalue weighted by Gasteiger charge is -2.45. The number of benzene rings is 2. The number of aliphatic hydroxyl groups excluding tert-OH is 1. The maximum Gasteiger partial charge on any atom is 0.255 e. The largest absolute Gasteiger partial charge is 0.386 e. The summed E-state index contributed by atoms with van der Waals surface area (Å²) in [6, 6.07) is 10.1. The van der Waals surface area contributed by atoms with Gasteiger partial charge in [0.15, 0.2) is 21.5 Å². The highest BCUT2D eigenvalue weighted by Gasteiger charge is 2.59. The van der Waals surface area contributed by atoms with E-state index in [0.717, 1.165) is 17.7 Å². The minimum absolute atomic E-state index is 0.00280. The Labute approximate surface area is 229 Å². The third-order valence-electron chi connectivity index (χ3n) is 8.04. The second-order valence-corrected chi connectivity index (χ2v) is 13.0. The molecule has 2 saturated carbocycles. The first-order chi connectivity index (χ1) is 18.4. The van der Waals surface area contributed by atoms with Crippen molar-refractivity contribution in [3.63, 3.8) is 0 Å². The first kappa shape index (κ1) is 27.6. The van der Waals surface area contributed by atoms with Gasteiger partial charge in [-0.05, 0) is 86.4 Å². The van der Waals surface area contributed by atoms with E-state index in [1.807, 2.05) is 6.92 Å². The maximum absolute atomic E-state index is 13.8. The van der Waals surface area contributed by atoms with Crippen LogP contribution in [0.4, 0.5) is 14.5 Å². The molecular weight excluding hydrogens is 550 g/mol. The van der Waals surface area contributed by atoms with E-state index in [0.29, 0.717) is 18.5 Å². The van der Waals surface area contributed by atoms with Crippen molar-refractivity contribution in [1.82, 2.24) is 4.98 Å². The van der Waals surface area contributed by atoms with Gasteiger partial charge in [-0.25, -0.2) is 17.2 Å². The zero-order chi connectivity index (χ0) is 28.1. The molecule has 39 heavy (non-hydrogen) atoms. The number of pyridine rings is 1. The van der Waals surface area contributed by atoms with Crippen molar-refractivity contribution in [2.45, 2.75) is 54.5 Å². The van der Waals surface area contributed by atoms with Crippen molar-refractivity contribution in [3.05, 3.63) is 88.2 Å². The molecule has 11 heteroatoms. The summed E-state index contributed by atoms with van der Waals surface area (Å²) in [4.78, 5) is 16.8. The van der Waals surface area contributed by atoms with Gasteiger partial charge in [-0.2, -0.15) is 0 Å². The Morgan fingerprint density at radius 1 is 1.08 bits per heavy atom. The van der Waals surface area contributed by atoms with Crippen LogP contribution in [-0.2, 0) is 9.84 Å². The molecule has 1 amide bonds. The summed E-state index contributed by atoms with van der Waals surface area (Å²) in [7, 11) is -4.04. The lowest BCUT2D eigenvalue weighted by atomic mass is 9.70. The van der Waals surface area contributed by atoms with E-state index in [9.17, 15) is 32.2 Å². The predicted molar refractivity (Wildman–Crippen MR) is 141 cm³/mol. The minimum atomic E-state index is -4.04. The molecule has 2 bridgehead atoms. The number of hydrogen-bond acceptors (Lipinski definition) is 6. The molecule has 2 fully saturated rings. The smallest absolute Gasteiger partial charge is 0.255 e. The Bertz CT molecular complexity index is 1520. The van der Waals surface area contributed by atoms with Crippen molar-refractivity contribution in [2.24, 2.45) is 11.8 Å². The van der Waals surface area contributed by atoms with E-state index in [1.165, 1.54) is 24.3 Å². The number of amides is 1. The van der Waals surface area contributed by atoms with Crippen molar-refractivity contribution >= 4 is 33.0 Å². The molecule has 2 aliphatic rings. The van der Waals surface area contributed by atoms with Crippen molar-refractivity contribution < 1.29 is 32.2 Å². The van der Waals surface area contributed by atoms with E-state index < -0.39 is 56.2 Å². The predicted octanol–water partition coefficient (Wildman–Crippen LogP) is 5.00. The van der Waals surface area contributed by atoms with E-state index in [1.54, 1.807) is 18.3 Å². The molecule has 0 spiro atoms. The number of anilines is 1. The fraction of sp³-hybridized carbons (Fsp3) is 0.357. The lowest BCUT2D eigenvalue weighted by molar-refractivity contribution is -0.145. The van der Waals surface area contributed by atoms with Gasteiger partial charge in [0.2, 0.25) is 0 Å². The lowest BCUT2D eigenvalue weighted by Crippen LogP contribution is -2.52. The Morgan fingerprint density at radius 3 is 2.38 bits per heavy atom. The van der Waals surface area contributed by atoms with Gasteiger partial charge in [-0.3, -0.25) is 9.78 Å². The topological polar surface area (TPSA) is 117 Å². The van der Waals surface area contributed by atoms with Gasteiger partial charge in [0.1, 0.15) is 11.7 Å². The number of halogens is 3. The maximum atomic E-state index is 13.8. The highest BCUT2D eigenvalue weighted by Crippen LogP contribution is 2.56. The molecule has 0 radical (unpaired) electrons.